The first-order chi connectivity index (χ1) is 14.9. The number of ether oxygens (including phenoxy) is 2. The molecule has 5 heteroatoms. The maximum absolute atomic E-state index is 10.8. The quantitative estimate of drug-likeness (QED) is 0.497. The zero-order valence-corrected chi connectivity index (χ0v) is 20.5. The molecule has 0 bridgehead atoms. The van der Waals surface area contributed by atoms with E-state index in [0.717, 1.165) is 29.7 Å². The maximum Gasteiger partial charge on any atom is 0.341 e. The zero-order chi connectivity index (χ0) is 24.1. The number of aliphatic carboxylic acids is 1. The van der Waals surface area contributed by atoms with Gasteiger partial charge in [-0.1, -0.05) is 58.9 Å². The van der Waals surface area contributed by atoms with E-state index in [1.807, 2.05) is 52.8 Å². The molecule has 0 heterocycles. The lowest BCUT2D eigenvalue weighted by Crippen LogP contribution is -2.32. The molecule has 2 rings (SSSR count). The Morgan fingerprint density at radius 2 is 1.38 bits per heavy atom. The molecule has 0 aliphatic rings. The summed E-state index contributed by atoms with van der Waals surface area (Å²) in [6.07, 6.45) is 1.29. The van der Waals surface area contributed by atoms with E-state index < -0.39 is 12.1 Å². The summed E-state index contributed by atoms with van der Waals surface area (Å²) < 4.78 is 11.3. The molecule has 1 unspecified atom stereocenters. The average Bonchev–Trinajstić information content (AvgIpc) is 2.72. The van der Waals surface area contributed by atoms with Crippen LogP contribution in [0.25, 0.3) is 0 Å². The molecule has 2 N–H and O–H groups in total. The predicted molar refractivity (Wildman–Crippen MR) is 128 cm³/mol. The van der Waals surface area contributed by atoms with Gasteiger partial charge in [-0.05, 0) is 66.5 Å². The van der Waals surface area contributed by atoms with Gasteiger partial charge in [0.05, 0.1) is 6.10 Å². The first kappa shape index (κ1) is 25.7. The topological polar surface area (TPSA) is 76.0 Å². The molecule has 0 saturated carbocycles. The summed E-state index contributed by atoms with van der Waals surface area (Å²) in [6, 6.07) is 12.3. The van der Waals surface area contributed by atoms with E-state index >= 15 is 0 Å². The van der Waals surface area contributed by atoms with Crippen LogP contribution in [0.3, 0.4) is 0 Å². The van der Waals surface area contributed by atoms with Crippen molar-refractivity contribution in [2.45, 2.75) is 72.8 Å². The second kappa shape index (κ2) is 10.4. The van der Waals surface area contributed by atoms with Gasteiger partial charge in [-0.2, -0.15) is 0 Å². The molecule has 0 radical (unpaired) electrons. The Labute approximate surface area is 192 Å². The van der Waals surface area contributed by atoms with Gasteiger partial charge in [-0.3, -0.25) is 0 Å². The third-order valence-electron chi connectivity index (χ3n) is 6.41. The standard InChI is InChI=1S/C27H38O5/c1-8-27(9-2,21-11-13-23(19(4)15-21)32-17-25(29)30)20-10-12-22(18(3)14-20)31-16-24(28)26(5,6)7/h10-15,24,28H,8-9,16-17H2,1-7H3,(H,29,30). The third-order valence-corrected chi connectivity index (χ3v) is 6.41. The van der Waals surface area contributed by atoms with Crippen molar-refractivity contribution in [3.8, 4) is 11.5 Å². The molecular formula is C27H38O5. The van der Waals surface area contributed by atoms with Crippen LogP contribution < -0.4 is 9.47 Å². The normalized spacial score (nSPS) is 13.0. The van der Waals surface area contributed by atoms with Gasteiger partial charge < -0.3 is 19.7 Å². The smallest absolute Gasteiger partial charge is 0.341 e. The van der Waals surface area contributed by atoms with Gasteiger partial charge in [0.25, 0.3) is 0 Å². The lowest BCUT2D eigenvalue weighted by molar-refractivity contribution is -0.139. The van der Waals surface area contributed by atoms with Crippen molar-refractivity contribution < 1.29 is 24.5 Å². The van der Waals surface area contributed by atoms with Gasteiger partial charge in [0.2, 0.25) is 0 Å². The van der Waals surface area contributed by atoms with Gasteiger partial charge in [-0.15, -0.1) is 0 Å². The van der Waals surface area contributed by atoms with Crippen molar-refractivity contribution in [1.82, 2.24) is 0 Å². The highest BCUT2D eigenvalue weighted by molar-refractivity contribution is 5.68. The number of hydrogen-bond acceptors (Lipinski definition) is 4. The fourth-order valence-corrected chi connectivity index (χ4v) is 4.01. The van der Waals surface area contributed by atoms with Gasteiger partial charge in [0, 0.05) is 5.41 Å². The highest BCUT2D eigenvalue weighted by atomic mass is 16.5. The van der Waals surface area contributed by atoms with Gasteiger partial charge in [0.1, 0.15) is 18.1 Å². The van der Waals surface area contributed by atoms with Crippen LogP contribution in [0.5, 0.6) is 11.5 Å². The third kappa shape index (κ3) is 5.83. The van der Waals surface area contributed by atoms with Gasteiger partial charge in [-0.25, -0.2) is 4.79 Å². The summed E-state index contributed by atoms with van der Waals surface area (Å²) in [5.41, 5.74) is 3.94. The van der Waals surface area contributed by atoms with E-state index in [4.69, 9.17) is 14.6 Å². The molecule has 0 aromatic heterocycles. The average molecular weight is 443 g/mol. The van der Waals surface area contributed by atoms with E-state index in [2.05, 4.69) is 32.0 Å². The van der Waals surface area contributed by atoms with Crippen molar-refractivity contribution in [3.05, 3.63) is 58.7 Å². The number of carboxylic acids is 1. The molecule has 0 amide bonds. The Morgan fingerprint density at radius 1 is 0.906 bits per heavy atom. The molecule has 2 aromatic rings. The van der Waals surface area contributed by atoms with Crippen LogP contribution in [0, 0.1) is 19.3 Å². The van der Waals surface area contributed by atoms with Crippen molar-refractivity contribution in [1.29, 1.82) is 0 Å². The predicted octanol–water partition coefficient (Wildman–Crippen LogP) is 5.66. The van der Waals surface area contributed by atoms with E-state index in [0.29, 0.717) is 5.75 Å². The second-order valence-electron chi connectivity index (χ2n) is 9.63. The second-order valence-corrected chi connectivity index (χ2v) is 9.63. The number of benzene rings is 2. The number of carbonyl (C=O) groups is 1. The number of hydrogen-bond donors (Lipinski definition) is 2. The van der Waals surface area contributed by atoms with Crippen LogP contribution in [-0.4, -0.2) is 35.5 Å². The molecule has 0 aliphatic carbocycles. The van der Waals surface area contributed by atoms with E-state index in [-0.39, 0.29) is 24.0 Å². The van der Waals surface area contributed by atoms with Crippen molar-refractivity contribution in [2.75, 3.05) is 13.2 Å². The minimum atomic E-state index is -0.988. The fourth-order valence-electron chi connectivity index (χ4n) is 4.01. The lowest BCUT2D eigenvalue weighted by atomic mass is 9.70. The molecule has 2 aromatic carbocycles. The van der Waals surface area contributed by atoms with Crippen molar-refractivity contribution in [3.63, 3.8) is 0 Å². The van der Waals surface area contributed by atoms with Crippen LogP contribution >= 0.6 is 0 Å². The minimum absolute atomic E-state index is 0.176. The largest absolute Gasteiger partial charge is 0.491 e. The Kier molecular flexibility index (Phi) is 8.35. The summed E-state index contributed by atoms with van der Waals surface area (Å²) in [4.78, 5) is 10.8. The van der Waals surface area contributed by atoms with Crippen LogP contribution in [-0.2, 0) is 10.2 Å². The Morgan fingerprint density at radius 3 is 1.75 bits per heavy atom. The number of aliphatic hydroxyl groups excluding tert-OH is 1. The summed E-state index contributed by atoms with van der Waals surface area (Å²) in [6.45, 7) is 14.2. The van der Waals surface area contributed by atoms with Gasteiger partial charge >= 0.3 is 5.97 Å². The summed E-state index contributed by atoms with van der Waals surface area (Å²) in [5, 5.41) is 19.2. The molecule has 0 saturated heterocycles. The number of aryl methyl sites for hydroxylation is 2. The Hall–Kier alpha value is -2.53. The number of aliphatic hydroxyl groups is 1. The van der Waals surface area contributed by atoms with Crippen LogP contribution in [0.4, 0.5) is 0 Å². The maximum atomic E-state index is 10.8. The van der Waals surface area contributed by atoms with Crippen LogP contribution in [0.1, 0.15) is 69.7 Å². The molecule has 0 aliphatic heterocycles. The summed E-state index contributed by atoms with van der Waals surface area (Å²) in [5.74, 6) is 0.388. The first-order valence-electron chi connectivity index (χ1n) is 11.3. The molecular weight excluding hydrogens is 404 g/mol. The molecule has 0 fully saturated rings. The first-order valence-corrected chi connectivity index (χ1v) is 11.3. The monoisotopic (exact) mass is 442 g/mol. The minimum Gasteiger partial charge on any atom is -0.491 e. The molecule has 32 heavy (non-hydrogen) atoms. The molecule has 1 atom stereocenters. The molecule has 5 nitrogen and oxygen atoms in total. The van der Waals surface area contributed by atoms with Crippen molar-refractivity contribution in [2.24, 2.45) is 5.41 Å². The van der Waals surface area contributed by atoms with Crippen LogP contribution in [0.15, 0.2) is 36.4 Å². The number of carboxylic acid groups (broad SMARTS) is 1. The molecule has 0 spiro atoms. The number of rotatable bonds is 10. The van der Waals surface area contributed by atoms with Crippen molar-refractivity contribution >= 4 is 5.97 Å². The zero-order valence-electron chi connectivity index (χ0n) is 20.5. The lowest BCUT2D eigenvalue weighted by Gasteiger charge is -2.34. The molecule has 176 valence electrons. The fraction of sp³-hybridized carbons (Fsp3) is 0.519. The van der Waals surface area contributed by atoms with Gasteiger partial charge in [0.15, 0.2) is 6.61 Å². The highest BCUT2D eigenvalue weighted by Gasteiger charge is 2.32. The Balaban J connectivity index is 2.34. The summed E-state index contributed by atoms with van der Waals surface area (Å²) in [7, 11) is 0. The van der Waals surface area contributed by atoms with E-state index in [1.165, 1.54) is 11.1 Å². The highest BCUT2D eigenvalue weighted by Crippen LogP contribution is 2.41. The Bertz CT molecular complexity index is 922. The van der Waals surface area contributed by atoms with E-state index in [1.54, 1.807) is 0 Å². The summed E-state index contributed by atoms with van der Waals surface area (Å²) >= 11 is 0. The van der Waals surface area contributed by atoms with E-state index in [9.17, 15) is 9.90 Å². The van der Waals surface area contributed by atoms with Crippen LogP contribution in [0.2, 0.25) is 0 Å². The SMILES string of the molecule is CCC(CC)(c1ccc(OCC(=O)O)c(C)c1)c1ccc(OCC(O)C(C)(C)C)c(C)c1.